The molecule has 26 heavy (non-hydrogen) atoms. The summed E-state index contributed by atoms with van der Waals surface area (Å²) in [6.45, 7) is 3.98. The Balaban J connectivity index is 1.96. The van der Waals surface area contributed by atoms with Crippen LogP contribution < -0.4 is 11.1 Å². The highest BCUT2D eigenvalue weighted by molar-refractivity contribution is 5.74. The molecule has 3 aromatic rings. The molecule has 1 heterocycles. The Morgan fingerprint density at radius 1 is 1.12 bits per heavy atom. The molecule has 0 atom stereocenters. The minimum atomic E-state index is -4.47. The number of hydrogen-bond donors (Lipinski definition) is 2. The molecule has 0 aliphatic carbocycles. The van der Waals surface area contributed by atoms with E-state index >= 15 is 0 Å². The zero-order valence-electron chi connectivity index (χ0n) is 14.3. The third kappa shape index (κ3) is 3.66. The van der Waals surface area contributed by atoms with Gasteiger partial charge in [0.1, 0.15) is 12.0 Å². The van der Waals surface area contributed by atoms with E-state index in [4.69, 9.17) is 10.2 Å². The predicted molar refractivity (Wildman–Crippen MR) is 95.5 cm³/mol. The summed E-state index contributed by atoms with van der Waals surface area (Å²) in [6.07, 6.45) is -3.25. The Morgan fingerprint density at radius 3 is 2.50 bits per heavy atom. The Bertz CT molecular complexity index is 916. The van der Waals surface area contributed by atoms with Crippen LogP contribution in [-0.4, -0.2) is 11.0 Å². The van der Waals surface area contributed by atoms with Crippen molar-refractivity contribution >= 4 is 11.4 Å². The van der Waals surface area contributed by atoms with Gasteiger partial charge in [-0.2, -0.15) is 13.2 Å². The minimum absolute atomic E-state index is 0.0268. The molecule has 0 saturated heterocycles. The van der Waals surface area contributed by atoms with E-state index in [1.807, 2.05) is 13.8 Å². The average molecular weight is 361 g/mol. The quantitative estimate of drug-likeness (QED) is 0.608. The van der Waals surface area contributed by atoms with Crippen molar-refractivity contribution in [2.45, 2.75) is 26.1 Å². The van der Waals surface area contributed by atoms with Crippen LogP contribution in [0.3, 0.4) is 0 Å². The molecule has 0 aliphatic heterocycles. The SMILES string of the molecule is CC(C)Nc1ccc(-c2nc(-c3ccccc3C(F)(F)F)co2)cc1N. The molecule has 0 radical (unpaired) electrons. The molecule has 3 rings (SSSR count). The lowest BCUT2D eigenvalue weighted by Gasteiger charge is -2.12. The van der Waals surface area contributed by atoms with Crippen LogP contribution in [0.2, 0.25) is 0 Å². The lowest BCUT2D eigenvalue weighted by Crippen LogP contribution is -2.11. The monoisotopic (exact) mass is 361 g/mol. The standard InChI is InChI=1S/C19H18F3N3O/c1-11(2)24-16-8-7-12(9-15(16)23)18-25-17(10-26-18)13-5-3-4-6-14(13)19(20,21)22/h3-11,24H,23H2,1-2H3. The maximum Gasteiger partial charge on any atom is 0.417 e. The summed E-state index contributed by atoms with van der Waals surface area (Å²) in [5, 5.41) is 3.21. The molecule has 0 amide bonds. The fraction of sp³-hybridized carbons (Fsp3) is 0.211. The number of nitrogens with one attached hydrogen (secondary N) is 1. The van der Waals surface area contributed by atoms with Gasteiger partial charge >= 0.3 is 6.18 Å². The maximum atomic E-state index is 13.2. The summed E-state index contributed by atoms with van der Waals surface area (Å²) in [6, 6.07) is 10.7. The molecule has 4 nitrogen and oxygen atoms in total. The number of oxazole rings is 1. The zero-order chi connectivity index (χ0) is 18.9. The molecule has 0 unspecified atom stereocenters. The Labute approximate surface area is 148 Å². The van der Waals surface area contributed by atoms with E-state index in [1.165, 1.54) is 24.5 Å². The Morgan fingerprint density at radius 2 is 1.85 bits per heavy atom. The molecule has 3 N–H and O–H groups in total. The van der Waals surface area contributed by atoms with E-state index in [-0.39, 0.29) is 23.2 Å². The number of nitrogens with zero attached hydrogens (tertiary/aromatic N) is 1. The van der Waals surface area contributed by atoms with Gasteiger partial charge in [-0.1, -0.05) is 18.2 Å². The normalized spacial score (nSPS) is 11.8. The van der Waals surface area contributed by atoms with Crippen LogP contribution in [0, 0.1) is 0 Å². The first-order valence-electron chi connectivity index (χ1n) is 8.04. The molecule has 0 fully saturated rings. The maximum absolute atomic E-state index is 13.2. The number of nitrogens with two attached hydrogens (primary N) is 1. The smallest absolute Gasteiger partial charge is 0.417 e. The topological polar surface area (TPSA) is 64.1 Å². The van der Waals surface area contributed by atoms with Crippen LogP contribution in [0.25, 0.3) is 22.7 Å². The number of rotatable bonds is 4. The summed E-state index contributed by atoms with van der Waals surface area (Å²) in [7, 11) is 0. The molecule has 0 saturated carbocycles. The van der Waals surface area contributed by atoms with E-state index in [0.717, 1.165) is 11.8 Å². The summed E-state index contributed by atoms with van der Waals surface area (Å²) in [5.74, 6) is 0.208. The second-order valence-corrected chi connectivity index (χ2v) is 6.18. The number of nitrogen functional groups attached to an aromatic ring is 1. The minimum Gasteiger partial charge on any atom is -0.444 e. The molecule has 0 aliphatic rings. The van der Waals surface area contributed by atoms with Crippen molar-refractivity contribution in [3.63, 3.8) is 0 Å². The van der Waals surface area contributed by atoms with Crippen LogP contribution in [0.1, 0.15) is 19.4 Å². The second kappa shape index (κ2) is 6.74. The van der Waals surface area contributed by atoms with E-state index in [9.17, 15) is 13.2 Å². The first-order valence-corrected chi connectivity index (χ1v) is 8.04. The number of alkyl halides is 3. The average Bonchev–Trinajstić information content (AvgIpc) is 3.05. The lowest BCUT2D eigenvalue weighted by molar-refractivity contribution is -0.137. The number of benzene rings is 2. The van der Waals surface area contributed by atoms with Gasteiger partial charge in [0.05, 0.1) is 16.9 Å². The van der Waals surface area contributed by atoms with Gasteiger partial charge in [0, 0.05) is 17.2 Å². The lowest BCUT2D eigenvalue weighted by atomic mass is 10.0. The number of anilines is 2. The molecule has 0 bridgehead atoms. The van der Waals surface area contributed by atoms with Gasteiger partial charge in [0.15, 0.2) is 0 Å². The summed E-state index contributed by atoms with van der Waals surface area (Å²) in [5.41, 5.74) is 7.24. The summed E-state index contributed by atoms with van der Waals surface area (Å²) >= 11 is 0. The van der Waals surface area contributed by atoms with Crippen LogP contribution in [0.4, 0.5) is 24.5 Å². The Hall–Kier alpha value is -2.96. The van der Waals surface area contributed by atoms with Gasteiger partial charge in [-0.3, -0.25) is 0 Å². The van der Waals surface area contributed by atoms with Crippen molar-refractivity contribution in [1.82, 2.24) is 4.98 Å². The van der Waals surface area contributed by atoms with Gasteiger partial charge < -0.3 is 15.5 Å². The fourth-order valence-corrected chi connectivity index (χ4v) is 2.62. The molecular weight excluding hydrogens is 343 g/mol. The fourth-order valence-electron chi connectivity index (χ4n) is 2.62. The van der Waals surface area contributed by atoms with Crippen molar-refractivity contribution in [3.05, 3.63) is 54.3 Å². The molecule has 136 valence electrons. The highest BCUT2D eigenvalue weighted by Crippen LogP contribution is 2.37. The van der Waals surface area contributed by atoms with Crippen LogP contribution in [0.15, 0.2) is 53.1 Å². The third-order valence-corrected chi connectivity index (χ3v) is 3.76. The molecule has 2 aromatic carbocycles. The highest BCUT2D eigenvalue weighted by atomic mass is 19.4. The van der Waals surface area contributed by atoms with E-state index in [1.54, 1.807) is 18.2 Å². The van der Waals surface area contributed by atoms with Crippen LogP contribution in [-0.2, 0) is 6.18 Å². The van der Waals surface area contributed by atoms with Crippen molar-refractivity contribution < 1.29 is 17.6 Å². The summed E-state index contributed by atoms with van der Waals surface area (Å²) < 4.78 is 44.9. The largest absolute Gasteiger partial charge is 0.444 e. The number of aromatic nitrogens is 1. The van der Waals surface area contributed by atoms with Crippen molar-refractivity contribution in [2.24, 2.45) is 0 Å². The zero-order valence-corrected chi connectivity index (χ0v) is 14.3. The summed E-state index contributed by atoms with van der Waals surface area (Å²) in [4.78, 5) is 4.21. The molecule has 1 aromatic heterocycles. The number of halogens is 3. The second-order valence-electron chi connectivity index (χ2n) is 6.18. The van der Waals surface area contributed by atoms with E-state index in [0.29, 0.717) is 11.3 Å². The third-order valence-electron chi connectivity index (χ3n) is 3.76. The predicted octanol–water partition coefficient (Wildman–Crippen LogP) is 5.43. The van der Waals surface area contributed by atoms with Gasteiger partial charge in [0.2, 0.25) is 5.89 Å². The van der Waals surface area contributed by atoms with Gasteiger partial charge in [-0.25, -0.2) is 4.98 Å². The first kappa shape index (κ1) is 17.8. The Kier molecular flexibility index (Phi) is 4.63. The van der Waals surface area contributed by atoms with Crippen molar-refractivity contribution in [3.8, 4) is 22.7 Å². The van der Waals surface area contributed by atoms with Crippen molar-refractivity contribution in [1.29, 1.82) is 0 Å². The van der Waals surface area contributed by atoms with Crippen LogP contribution in [0.5, 0.6) is 0 Å². The van der Waals surface area contributed by atoms with Gasteiger partial charge in [0.25, 0.3) is 0 Å². The molecular formula is C19H18F3N3O. The van der Waals surface area contributed by atoms with Gasteiger partial charge in [-0.15, -0.1) is 0 Å². The first-order chi connectivity index (χ1) is 12.3. The van der Waals surface area contributed by atoms with E-state index < -0.39 is 11.7 Å². The molecule has 7 heteroatoms. The van der Waals surface area contributed by atoms with E-state index in [2.05, 4.69) is 10.3 Å². The van der Waals surface area contributed by atoms with Gasteiger partial charge in [-0.05, 0) is 38.1 Å². The van der Waals surface area contributed by atoms with Crippen LogP contribution >= 0.6 is 0 Å². The highest BCUT2D eigenvalue weighted by Gasteiger charge is 2.34. The molecule has 0 spiro atoms. The number of hydrogen-bond acceptors (Lipinski definition) is 4. The van der Waals surface area contributed by atoms with Crippen molar-refractivity contribution in [2.75, 3.05) is 11.1 Å².